The molecule has 0 spiro atoms. The van der Waals surface area contributed by atoms with Crippen LogP contribution in [0, 0.1) is 0 Å². The molecule has 0 aliphatic carbocycles. The first kappa shape index (κ1) is 11.4. The summed E-state index contributed by atoms with van der Waals surface area (Å²) in [5, 5.41) is 13.2. The van der Waals surface area contributed by atoms with Crippen LogP contribution in [0.15, 0.2) is 29.4 Å². The fourth-order valence-electron chi connectivity index (χ4n) is 0.877. The molecule has 0 radical (unpaired) electrons. The molecule has 80 valence electrons. The zero-order chi connectivity index (χ0) is 11.3. The molecule has 0 aliphatic rings. The van der Waals surface area contributed by atoms with Gasteiger partial charge in [-0.15, -0.1) is 5.10 Å². The van der Waals surface area contributed by atoms with Crippen LogP contribution in [-0.2, 0) is 0 Å². The van der Waals surface area contributed by atoms with Crippen molar-refractivity contribution in [1.82, 2.24) is 5.43 Å². The summed E-state index contributed by atoms with van der Waals surface area (Å²) in [6.07, 6.45) is 1.74. The van der Waals surface area contributed by atoms with Crippen molar-refractivity contribution in [2.24, 2.45) is 10.8 Å². The molecule has 0 fully saturated rings. The smallest absolute Gasteiger partial charge is 0.275 e. The second-order valence-electron chi connectivity index (χ2n) is 2.61. The highest BCUT2D eigenvalue weighted by molar-refractivity contribution is 8.13. The Morgan fingerprint density at radius 3 is 2.80 bits per heavy atom. The second kappa shape index (κ2) is 5.26. The van der Waals surface area contributed by atoms with Gasteiger partial charge in [0.15, 0.2) is 5.17 Å². The van der Waals surface area contributed by atoms with E-state index in [9.17, 15) is 9.90 Å². The Kier molecular flexibility index (Phi) is 3.99. The maximum absolute atomic E-state index is 11.4. The third-order valence-corrected chi connectivity index (χ3v) is 2.14. The van der Waals surface area contributed by atoms with Crippen molar-refractivity contribution >= 4 is 22.8 Å². The lowest BCUT2D eigenvalue weighted by Gasteiger charge is -2.02. The molecule has 0 saturated carbocycles. The minimum Gasteiger partial charge on any atom is -0.507 e. The van der Waals surface area contributed by atoms with Crippen LogP contribution in [0.3, 0.4) is 0 Å². The normalized spacial score (nSPS) is 11.1. The summed E-state index contributed by atoms with van der Waals surface area (Å²) in [5.74, 6) is -0.585. The number of hydrogen-bond donors (Lipinski definition) is 3. The third kappa shape index (κ3) is 3.17. The number of hydrazone groups is 1. The number of amidine groups is 1. The Bertz CT molecular complexity index is 393. The number of rotatable bonds is 2. The number of nitrogens with zero attached hydrogens (tertiary/aromatic N) is 1. The number of thioether (sulfide) groups is 1. The minimum absolute atomic E-state index is 0.0899. The predicted octanol–water partition coefficient (Wildman–Crippen LogP) is 0.715. The number of phenols is 1. The number of carbonyl (C=O) groups is 1. The van der Waals surface area contributed by atoms with Crippen molar-refractivity contribution in [2.45, 2.75) is 0 Å². The fourth-order valence-corrected chi connectivity index (χ4v) is 1.01. The number of phenolic OH excluding ortho intramolecular Hbond substituents is 1. The average molecular weight is 225 g/mol. The number of nitrogens with one attached hydrogen (secondary N) is 1. The van der Waals surface area contributed by atoms with E-state index in [-0.39, 0.29) is 16.5 Å². The topological polar surface area (TPSA) is 87.7 Å². The van der Waals surface area contributed by atoms with Crippen LogP contribution < -0.4 is 11.2 Å². The molecule has 1 rings (SSSR count). The first-order chi connectivity index (χ1) is 7.15. The molecular weight excluding hydrogens is 214 g/mol. The molecule has 0 saturated heterocycles. The highest BCUT2D eigenvalue weighted by atomic mass is 32.2. The summed E-state index contributed by atoms with van der Waals surface area (Å²) in [6, 6.07) is 6.20. The molecule has 1 amide bonds. The average Bonchev–Trinajstić information content (AvgIpc) is 2.26. The summed E-state index contributed by atoms with van der Waals surface area (Å²) in [5.41, 5.74) is 7.77. The summed E-state index contributed by atoms with van der Waals surface area (Å²) in [4.78, 5) is 11.4. The van der Waals surface area contributed by atoms with Gasteiger partial charge in [0.1, 0.15) is 5.75 Å². The van der Waals surface area contributed by atoms with Crippen molar-refractivity contribution in [3.8, 4) is 5.75 Å². The molecule has 1 aromatic carbocycles. The largest absolute Gasteiger partial charge is 0.507 e. The Hall–Kier alpha value is -1.69. The van der Waals surface area contributed by atoms with E-state index in [0.717, 1.165) is 0 Å². The first-order valence-corrected chi connectivity index (χ1v) is 5.33. The van der Waals surface area contributed by atoms with Gasteiger partial charge in [-0.2, -0.15) is 0 Å². The molecule has 0 atom stereocenters. The Balaban J connectivity index is 2.74. The number of aromatic hydroxyl groups is 1. The number of amides is 1. The van der Waals surface area contributed by atoms with Crippen molar-refractivity contribution in [3.05, 3.63) is 29.8 Å². The number of carbonyl (C=O) groups excluding carboxylic acids is 1. The maximum Gasteiger partial charge on any atom is 0.275 e. The Morgan fingerprint density at radius 2 is 2.20 bits per heavy atom. The Labute approximate surface area is 91.4 Å². The van der Waals surface area contributed by atoms with Crippen LogP contribution in [0.2, 0.25) is 0 Å². The molecule has 0 aromatic heterocycles. The van der Waals surface area contributed by atoms with Crippen LogP contribution in [0.5, 0.6) is 5.75 Å². The molecule has 4 N–H and O–H groups in total. The zero-order valence-electron chi connectivity index (χ0n) is 8.10. The monoisotopic (exact) mass is 225 g/mol. The molecule has 1 aromatic rings. The quantitative estimate of drug-likeness (QED) is 0.393. The zero-order valence-corrected chi connectivity index (χ0v) is 8.91. The highest BCUT2D eigenvalue weighted by Crippen LogP contribution is 2.14. The molecule has 0 unspecified atom stereocenters. The molecular formula is C9H11N3O2S. The van der Waals surface area contributed by atoms with Crippen molar-refractivity contribution < 1.29 is 9.90 Å². The van der Waals surface area contributed by atoms with Gasteiger partial charge in [-0.1, -0.05) is 23.9 Å². The summed E-state index contributed by atoms with van der Waals surface area (Å²) < 4.78 is 0. The van der Waals surface area contributed by atoms with E-state index in [1.165, 1.54) is 23.9 Å². The maximum atomic E-state index is 11.4. The standard InChI is InChI=1S/C9H11N3O2S/c1-15-9(10)12-11-8(14)6-4-2-3-5-7(6)13/h2-5,13H,1H3,(H2,10,12)(H,11,14). The van der Waals surface area contributed by atoms with Gasteiger partial charge in [-0.05, 0) is 18.4 Å². The van der Waals surface area contributed by atoms with Crippen molar-refractivity contribution in [3.63, 3.8) is 0 Å². The van der Waals surface area contributed by atoms with E-state index < -0.39 is 5.91 Å². The van der Waals surface area contributed by atoms with Crippen LogP contribution in [-0.4, -0.2) is 22.4 Å². The SMILES string of the molecule is CS/C(N)=N/NC(=O)c1ccccc1O. The lowest BCUT2D eigenvalue weighted by Crippen LogP contribution is -2.21. The molecule has 6 heteroatoms. The van der Waals surface area contributed by atoms with Gasteiger partial charge in [0.05, 0.1) is 5.56 Å². The van der Waals surface area contributed by atoms with E-state index in [1.54, 1.807) is 18.4 Å². The van der Waals surface area contributed by atoms with Gasteiger partial charge in [0.25, 0.3) is 5.91 Å². The molecule has 15 heavy (non-hydrogen) atoms. The van der Waals surface area contributed by atoms with E-state index in [4.69, 9.17) is 5.73 Å². The van der Waals surface area contributed by atoms with Crippen LogP contribution in [0.1, 0.15) is 10.4 Å². The number of para-hydroxylation sites is 1. The predicted molar refractivity (Wildman–Crippen MR) is 60.7 cm³/mol. The summed E-state index contributed by atoms with van der Waals surface area (Å²) in [6.45, 7) is 0. The van der Waals surface area contributed by atoms with Gasteiger partial charge in [-0.3, -0.25) is 4.79 Å². The van der Waals surface area contributed by atoms with E-state index in [2.05, 4.69) is 10.5 Å². The summed E-state index contributed by atoms with van der Waals surface area (Å²) in [7, 11) is 0. The highest BCUT2D eigenvalue weighted by Gasteiger charge is 2.08. The van der Waals surface area contributed by atoms with Gasteiger partial charge < -0.3 is 10.8 Å². The Morgan fingerprint density at radius 1 is 1.53 bits per heavy atom. The van der Waals surface area contributed by atoms with Gasteiger partial charge in [-0.25, -0.2) is 5.43 Å². The van der Waals surface area contributed by atoms with Gasteiger partial charge in [0.2, 0.25) is 0 Å². The molecule has 0 heterocycles. The molecule has 0 bridgehead atoms. The van der Waals surface area contributed by atoms with Crippen LogP contribution in [0.4, 0.5) is 0 Å². The van der Waals surface area contributed by atoms with Gasteiger partial charge in [0, 0.05) is 0 Å². The van der Waals surface area contributed by atoms with Crippen molar-refractivity contribution in [2.75, 3.05) is 6.26 Å². The lowest BCUT2D eigenvalue weighted by atomic mass is 10.2. The van der Waals surface area contributed by atoms with E-state index in [0.29, 0.717) is 0 Å². The van der Waals surface area contributed by atoms with Crippen LogP contribution in [0.25, 0.3) is 0 Å². The van der Waals surface area contributed by atoms with Gasteiger partial charge >= 0.3 is 0 Å². The van der Waals surface area contributed by atoms with Crippen LogP contribution >= 0.6 is 11.8 Å². The minimum atomic E-state index is -0.495. The lowest BCUT2D eigenvalue weighted by molar-refractivity contribution is 0.0952. The number of benzene rings is 1. The summed E-state index contributed by atoms with van der Waals surface area (Å²) >= 11 is 1.22. The van der Waals surface area contributed by atoms with Crippen molar-refractivity contribution in [1.29, 1.82) is 0 Å². The number of nitrogens with two attached hydrogens (primary N) is 1. The number of hydrogen-bond acceptors (Lipinski definition) is 4. The molecule has 5 nitrogen and oxygen atoms in total. The van der Waals surface area contributed by atoms with E-state index >= 15 is 0 Å². The van der Waals surface area contributed by atoms with E-state index in [1.807, 2.05) is 0 Å². The second-order valence-corrected chi connectivity index (χ2v) is 3.44. The third-order valence-electron chi connectivity index (χ3n) is 1.63. The fraction of sp³-hybridized carbons (Fsp3) is 0.111. The first-order valence-electron chi connectivity index (χ1n) is 4.10. The molecule has 0 aliphatic heterocycles.